The van der Waals surface area contributed by atoms with E-state index in [1.54, 1.807) is 12.1 Å². The lowest BCUT2D eigenvalue weighted by Gasteiger charge is -2.11. The van der Waals surface area contributed by atoms with Gasteiger partial charge in [0.05, 0.1) is 11.5 Å². The summed E-state index contributed by atoms with van der Waals surface area (Å²) >= 11 is 0. The van der Waals surface area contributed by atoms with Gasteiger partial charge in [-0.25, -0.2) is 17.6 Å². The zero-order chi connectivity index (χ0) is 15.3. The predicted molar refractivity (Wildman–Crippen MR) is 78.3 cm³/mol. The number of sulfone groups is 1. The molecule has 0 spiro atoms. The van der Waals surface area contributed by atoms with E-state index in [9.17, 15) is 17.6 Å². The molecule has 1 unspecified atom stereocenters. The third-order valence-corrected chi connectivity index (χ3v) is 5.33. The molecule has 0 saturated carbocycles. The van der Waals surface area contributed by atoms with Crippen LogP contribution < -0.4 is 10.6 Å². The van der Waals surface area contributed by atoms with Gasteiger partial charge in [0, 0.05) is 13.1 Å². The molecular formula is C14H19FN2O3S. The molecule has 1 aromatic rings. The lowest BCUT2D eigenvalue weighted by molar-refractivity contribution is 0.239. The number of carbonyl (C=O) groups excluding carboxylic acids is 1. The Morgan fingerprint density at radius 2 is 1.95 bits per heavy atom. The molecule has 0 radical (unpaired) electrons. The molecular weight excluding hydrogens is 295 g/mol. The quantitative estimate of drug-likeness (QED) is 0.854. The van der Waals surface area contributed by atoms with Crippen LogP contribution in [0.4, 0.5) is 9.18 Å². The van der Waals surface area contributed by atoms with Crippen molar-refractivity contribution in [1.82, 2.24) is 10.6 Å². The van der Waals surface area contributed by atoms with Crippen molar-refractivity contribution >= 4 is 15.9 Å². The molecule has 1 heterocycles. The molecule has 0 bridgehead atoms. The number of halogens is 1. The summed E-state index contributed by atoms with van der Waals surface area (Å²) in [6, 6.07) is 5.82. The van der Waals surface area contributed by atoms with Crippen molar-refractivity contribution in [2.45, 2.75) is 12.8 Å². The van der Waals surface area contributed by atoms with Crippen LogP contribution in [-0.2, 0) is 16.3 Å². The first kappa shape index (κ1) is 15.8. The number of hydrogen-bond acceptors (Lipinski definition) is 3. The average Bonchev–Trinajstić information content (AvgIpc) is 2.78. The van der Waals surface area contributed by atoms with Crippen LogP contribution in [0.5, 0.6) is 0 Å². The molecule has 1 aliphatic rings. The van der Waals surface area contributed by atoms with Gasteiger partial charge in [0.15, 0.2) is 9.84 Å². The van der Waals surface area contributed by atoms with E-state index in [1.807, 2.05) is 0 Å². The molecule has 0 aliphatic carbocycles. The van der Waals surface area contributed by atoms with Crippen LogP contribution in [0.25, 0.3) is 0 Å². The summed E-state index contributed by atoms with van der Waals surface area (Å²) in [5.74, 6) is 0.0998. The van der Waals surface area contributed by atoms with Gasteiger partial charge in [-0.3, -0.25) is 0 Å². The third-order valence-electron chi connectivity index (χ3n) is 3.49. The second-order valence-corrected chi connectivity index (χ2v) is 7.51. The summed E-state index contributed by atoms with van der Waals surface area (Å²) in [4.78, 5) is 11.6. The molecule has 21 heavy (non-hydrogen) atoms. The molecule has 1 aliphatic heterocycles. The second-order valence-electron chi connectivity index (χ2n) is 5.28. The number of amides is 2. The largest absolute Gasteiger partial charge is 0.338 e. The summed E-state index contributed by atoms with van der Waals surface area (Å²) in [6.45, 7) is 0.821. The van der Waals surface area contributed by atoms with Crippen LogP contribution in [0.2, 0.25) is 0 Å². The van der Waals surface area contributed by atoms with Crippen LogP contribution in [-0.4, -0.2) is 39.0 Å². The molecule has 2 N–H and O–H groups in total. The van der Waals surface area contributed by atoms with Crippen molar-refractivity contribution in [3.05, 3.63) is 35.6 Å². The van der Waals surface area contributed by atoms with E-state index in [-0.39, 0.29) is 29.3 Å². The number of carbonyl (C=O) groups is 1. The first-order valence-electron chi connectivity index (χ1n) is 6.91. The average molecular weight is 314 g/mol. The number of rotatable bonds is 5. The third kappa shape index (κ3) is 5.34. The molecule has 7 heteroatoms. The fourth-order valence-electron chi connectivity index (χ4n) is 2.30. The summed E-state index contributed by atoms with van der Waals surface area (Å²) < 4.78 is 35.3. The first-order chi connectivity index (χ1) is 9.94. The van der Waals surface area contributed by atoms with Gasteiger partial charge >= 0.3 is 6.03 Å². The molecule has 2 amide bonds. The maximum atomic E-state index is 12.7. The van der Waals surface area contributed by atoms with Gasteiger partial charge in [0.1, 0.15) is 5.82 Å². The van der Waals surface area contributed by atoms with Crippen LogP contribution in [0.15, 0.2) is 24.3 Å². The van der Waals surface area contributed by atoms with Gasteiger partial charge in [-0.15, -0.1) is 0 Å². The van der Waals surface area contributed by atoms with E-state index >= 15 is 0 Å². The Labute approximate surface area is 123 Å². The van der Waals surface area contributed by atoms with Gasteiger partial charge in [-0.1, -0.05) is 12.1 Å². The molecule has 1 fully saturated rings. The van der Waals surface area contributed by atoms with Crippen molar-refractivity contribution in [2.24, 2.45) is 5.92 Å². The van der Waals surface area contributed by atoms with Crippen molar-refractivity contribution in [2.75, 3.05) is 24.6 Å². The van der Waals surface area contributed by atoms with E-state index in [2.05, 4.69) is 10.6 Å². The first-order valence-corrected chi connectivity index (χ1v) is 8.73. The van der Waals surface area contributed by atoms with E-state index in [1.165, 1.54) is 12.1 Å². The van der Waals surface area contributed by atoms with Crippen LogP contribution in [0.3, 0.4) is 0 Å². The normalized spacial score (nSPS) is 20.1. The van der Waals surface area contributed by atoms with Crippen molar-refractivity contribution < 1.29 is 17.6 Å². The molecule has 0 aromatic heterocycles. The Balaban J connectivity index is 1.63. The number of benzene rings is 1. The minimum Gasteiger partial charge on any atom is -0.338 e. The zero-order valence-electron chi connectivity index (χ0n) is 11.6. The fourth-order valence-corrected chi connectivity index (χ4v) is 4.17. The highest BCUT2D eigenvalue weighted by atomic mass is 32.2. The molecule has 116 valence electrons. The van der Waals surface area contributed by atoms with Crippen molar-refractivity contribution in [1.29, 1.82) is 0 Å². The van der Waals surface area contributed by atoms with Crippen molar-refractivity contribution in [3.63, 3.8) is 0 Å². The van der Waals surface area contributed by atoms with Crippen LogP contribution >= 0.6 is 0 Å². The Morgan fingerprint density at radius 1 is 1.24 bits per heavy atom. The van der Waals surface area contributed by atoms with Gasteiger partial charge in [-0.05, 0) is 36.5 Å². The predicted octanol–water partition coefficient (Wildman–Crippen LogP) is 1.10. The summed E-state index contributed by atoms with van der Waals surface area (Å²) in [5.41, 5.74) is 0.943. The second kappa shape index (κ2) is 6.89. The van der Waals surface area contributed by atoms with Crippen LogP contribution in [0.1, 0.15) is 12.0 Å². The minimum absolute atomic E-state index is 0.0119. The lowest BCUT2D eigenvalue weighted by Crippen LogP contribution is -2.39. The molecule has 5 nitrogen and oxygen atoms in total. The van der Waals surface area contributed by atoms with E-state index in [0.717, 1.165) is 5.56 Å². The number of hydrogen-bond donors (Lipinski definition) is 2. The van der Waals surface area contributed by atoms with Crippen molar-refractivity contribution in [3.8, 4) is 0 Å². The highest BCUT2D eigenvalue weighted by molar-refractivity contribution is 7.91. The maximum absolute atomic E-state index is 12.7. The summed E-state index contributed by atoms with van der Waals surface area (Å²) in [7, 11) is -2.90. The number of urea groups is 1. The van der Waals surface area contributed by atoms with Gasteiger partial charge in [-0.2, -0.15) is 0 Å². The molecule has 1 saturated heterocycles. The van der Waals surface area contributed by atoms with E-state index < -0.39 is 9.84 Å². The highest BCUT2D eigenvalue weighted by Gasteiger charge is 2.27. The van der Waals surface area contributed by atoms with E-state index in [4.69, 9.17) is 0 Å². The Hall–Kier alpha value is -1.63. The van der Waals surface area contributed by atoms with Gasteiger partial charge in [0.25, 0.3) is 0 Å². The zero-order valence-corrected chi connectivity index (χ0v) is 12.5. The highest BCUT2D eigenvalue weighted by Crippen LogP contribution is 2.17. The monoisotopic (exact) mass is 314 g/mol. The van der Waals surface area contributed by atoms with E-state index in [0.29, 0.717) is 25.9 Å². The Bertz CT molecular complexity index is 587. The van der Waals surface area contributed by atoms with Gasteiger partial charge in [0.2, 0.25) is 0 Å². The summed E-state index contributed by atoms with van der Waals surface area (Å²) in [5, 5.41) is 5.38. The SMILES string of the molecule is O=C(NCCc1ccc(F)cc1)NCC1CCS(=O)(=O)C1. The summed E-state index contributed by atoms with van der Waals surface area (Å²) in [6.07, 6.45) is 1.23. The number of nitrogens with one attached hydrogen (secondary N) is 2. The lowest BCUT2D eigenvalue weighted by atomic mass is 10.1. The maximum Gasteiger partial charge on any atom is 0.314 e. The Morgan fingerprint density at radius 3 is 2.57 bits per heavy atom. The fraction of sp³-hybridized carbons (Fsp3) is 0.500. The standard InChI is InChI=1S/C14H19FN2O3S/c15-13-3-1-11(2-4-13)5-7-16-14(18)17-9-12-6-8-21(19,20)10-12/h1-4,12H,5-10H2,(H2,16,17,18). The molecule has 1 atom stereocenters. The molecule has 1 aromatic carbocycles. The molecule has 2 rings (SSSR count). The smallest absolute Gasteiger partial charge is 0.314 e. The topological polar surface area (TPSA) is 75.3 Å². The minimum atomic E-state index is -2.90. The van der Waals surface area contributed by atoms with Crippen LogP contribution in [0, 0.1) is 11.7 Å². The van der Waals surface area contributed by atoms with Gasteiger partial charge < -0.3 is 10.6 Å². The Kier molecular flexibility index (Phi) is 5.17.